The molecule has 0 saturated carbocycles. The van der Waals surface area contributed by atoms with Crippen molar-refractivity contribution in [2.45, 2.75) is 20.4 Å². The van der Waals surface area contributed by atoms with Crippen molar-refractivity contribution in [2.75, 3.05) is 0 Å². The van der Waals surface area contributed by atoms with Gasteiger partial charge in [-0.25, -0.2) is 14.2 Å². The van der Waals surface area contributed by atoms with Gasteiger partial charge in [-0.1, -0.05) is 30.3 Å². The van der Waals surface area contributed by atoms with Crippen molar-refractivity contribution >= 4 is 0 Å². The Morgan fingerprint density at radius 3 is 2.65 bits per heavy atom. The van der Waals surface area contributed by atoms with Gasteiger partial charge in [-0.15, -0.1) is 0 Å². The van der Waals surface area contributed by atoms with Gasteiger partial charge in [-0.3, -0.25) is 0 Å². The lowest BCUT2D eigenvalue weighted by Gasteiger charge is -2.12. The van der Waals surface area contributed by atoms with Crippen LogP contribution in [0.2, 0.25) is 0 Å². The molecule has 0 spiro atoms. The van der Waals surface area contributed by atoms with Gasteiger partial charge in [0.1, 0.15) is 12.0 Å². The summed E-state index contributed by atoms with van der Waals surface area (Å²) in [6.07, 6.45) is 3.21. The second-order valence-corrected chi connectivity index (χ2v) is 6.18. The lowest BCUT2D eigenvalue weighted by Crippen LogP contribution is -2.24. The van der Waals surface area contributed by atoms with Crippen LogP contribution >= 0.6 is 0 Å². The highest BCUT2D eigenvalue weighted by molar-refractivity contribution is 5.42. The summed E-state index contributed by atoms with van der Waals surface area (Å²) in [5.41, 5.74) is 4.34. The zero-order valence-corrected chi connectivity index (χ0v) is 14.6. The molecule has 2 heterocycles. The van der Waals surface area contributed by atoms with E-state index in [1.165, 1.54) is 0 Å². The number of nitrogens with zero attached hydrogens (tertiary/aromatic N) is 6. The molecule has 130 valence electrons. The molecular weight excluding hydrogens is 328 g/mol. The number of benzene rings is 2. The fourth-order valence-corrected chi connectivity index (χ4v) is 2.83. The van der Waals surface area contributed by atoms with Crippen LogP contribution in [0.5, 0.6) is 0 Å². The minimum atomic E-state index is -0.319. The van der Waals surface area contributed by atoms with Gasteiger partial charge in [-0.05, 0) is 43.2 Å². The van der Waals surface area contributed by atoms with Crippen LogP contribution in [0.3, 0.4) is 0 Å². The van der Waals surface area contributed by atoms with Crippen molar-refractivity contribution in [3.63, 3.8) is 0 Å². The largest absolute Gasteiger partial charge is 0.364 e. The van der Waals surface area contributed by atoms with Gasteiger partial charge < -0.3 is 0 Å². The topological polar surface area (TPSA) is 70.5 Å². The molecule has 0 fully saturated rings. The molecule has 7 heteroatoms. The predicted molar refractivity (Wildman–Crippen MR) is 97.8 cm³/mol. The van der Waals surface area contributed by atoms with Gasteiger partial charge >= 0.3 is 5.69 Å². The molecule has 0 amide bonds. The molecule has 0 saturated heterocycles. The Bertz CT molecular complexity index is 1110. The first kappa shape index (κ1) is 16.0. The van der Waals surface area contributed by atoms with Gasteiger partial charge in [0, 0.05) is 0 Å². The SMILES string of the molecule is Cc1ccc(C)c(-n2cnc(=O)n2Cc2cnn(-c3ccccc3)n2)c1. The number of hydrogen-bond acceptors (Lipinski definition) is 4. The van der Waals surface area contributed by atoms with Crippen LogP contribution in [-0.4, -0.2) is 29.3 Å². The summed E-state index contributed by atoms with van der Waals surface area (Å²) in [4.78, 5) is 17.8. The van der Waals surface area contributed by atoms with E-state index >= 15 is 0 Å². The van der Waals surface area contributed by atoms with Gasteiger partial charge in [0.25, 0.3) is 0 Å². The molecular formula is C19H18N6O. The van der Waals surface area contributed by atoms with Gasteiger partial charge in [0.05, 0.1) is 24.1 Å². The molecule has 26 heavy (non-hydrogen) atoms. The molecule has 0 atom stereocenters. The van der Waals surface area contributed by atoms with E-state index in [0.717, 1.165) is 22.5 Å². The Morgan fingerprint density at radius 2 is 1.85 bits per heavy atom. The van der Waals surface area contributed by atoms with E-state index in [-0.39, 0.29) is 5.69 Å². The summed E-state index contributed by atoms with van der Waals surface area (Å²) in [6.45, 7) is 4.32. The Kier molecular flexibility index (Phi) is 3.96. The third-order valence-corrected chi connectivity index (χ3v) is 4.21. The van der Waals surface area contributed by atoms with Crippen molar-refractivity contribution in [3.8, 4) is 11.4 Å². The van der Waals surface area contributed by atoms with E-state index in [2.05, 4.69) is 15.2 Å². The molecule has 2 aromatic carbocycles. The van der Waals surface area contributed by atoms with Crippen LogP contribution < -0.4 is 5.69 Å². The summed E-state index contributed by atoms with van der Waals surface area (Å²) >= 11 is 0. The lowest BCUT2D eigenvalue weighted by atomic mass is 10.1. The van der Waals surface area contributed by atoms with Crippen molar-refractivity contribution in [1.82, 2.24) is 29.3 Å². The maximum absolute atomic E-state index is 12.3. The third kappa shape index (κ3) is 2.95. The quantitative estimate of drug-likeness (QED) is 0.568. The van der Waals surface area contributed by atoms with Crippen LogP contribution in [0, 0.1) is 13.8 Å². The summed E-state index contributed by atoms with van der Waals surface area (Å²) in [5.74, 6) is 0. The van der Waals surface area contributed by atoms with Crippen molar-refractivity contribution < 1.29 is 0 Å². The van der Waals surface area contributed by atoms with Crippen molar-refractivity contribution in [1.29, 1.82) is 0 Å². The van der Waals surface area contributed by atoms with Gasteiger partial charge in [-0.2, -0.15) is 20.0 Å². The molecule has 0 bridgehead atoms. The average molecular weight is 346 g/mol. The zero-order valence-electron chi connectivity index (χ0n) is 14.6. The molecule has 0 aliphatic rings. The first-order chi connectivity index (χ1) is 12.6. The molecule has 0 aliphatic carbocycles. The van der Waals surface area contributed by atoms with Crippen molar-refractivity contribution in [3.05, 3.63) is 88.4 Å². The minimum Gasteiger partial charge on any atom is -0.244 e. The third-order valence-electron chi connectivity index (χ3n) is 4.21. The average Bonchev–Trinajstić information content (AvgIpc) is 3.26. The molecule has 4 rings (SSSR count). The highest BCUT2D eigenvalue weighted by Gasteiger charge is 2.12. The number of para-hydroxylation sites is 1. The number of rotatable bonds is 4. The smallest absolute Gasteiger partial charge is 0.244 e. The zero-order chi connectivity index (χ0) is 18.1. The first-order valence-corrected chi connectivity index (χ1v) is 8.30. The van der Waals surface area contributed by atoms with E-state index in [0.29, 0.717) is 12.2 Å². The monoisotopic (exact) mass is 346 g/mol. The molecule has 4 aromatic rings. The second-order valence-electron chi connectivity index (χ2n) is 6.18. The lowest BCUT2D eigenvalue weighted by molar-refractivity contribution is 0.570. The molecule has 0 unspecified atom stereocenters. The molecule has 2 aromatic heterocycles. The fraction of sp³-hybridized carbons (Fsp3) is 0.158. The normalized spacial score (nSPS) is 11.0. The standard InChI is InChI=1S/C19H18N6O/c1-14-8-9-15(2)18(10-14)24-13-20-19(26)23(24)12-16-11-21-25(22-16)17-6-4-3-5-7-17/h3-11,13H,12H2,1-2H3. The Morgan fingerprint density at radius 1 is 1.04 bits per heavy atom. The molecule has 7 nitrogen and oxygen atoms in total. The Balaban J connectivity index is 1.70. The highest BCUT2D eigenvalue weighted by Crippen LogP contribution is 2.15. The van der Waals surface area contributed by atoms with E-state index < -0.39 is 0 Å². The summed E-state index contributed by atoms with van der Waals surface area (Å²) < 4.78 is 3.33. The second kappa shape index (κ2) is 6.44. The maximum atomic E-state index is 12.3. The molecule has 0 radical (unpaired) electrons. The van der Waals surface area contributed by atoms with E-state index in [1.807, 2.05) is 62.4 Å². The van der Waals surface area contributed by atoms with E-state index in [4.69, 9.17) is 0 Å². The molecule has 0 aliphatic heterocycles. The van der Waals surface area contributed by atoms with Crippen molar-refractivity contribution in [2.24, 2.45) is 0 Å². The Hall–Kier alpha value is -3.48. The predicted octanol–water partition coefficient (Wildman–Crippen LogP) is 2.28. The summed E-state index contributed by atoms with van der Waals surface area (Å²) in [7, 11) is 0. The molecule has 0 N–H and O–H groups in total. The van der Waals surface area contributed by atoms with Crippen LogP contribution in [0.25, 0.3) is 11.4 Å². The van der Waals surface area contributed by atoms with Crippen LogP contribution in [0.1, 0.15) is 16.8 Å². The van der Waals surface area contributed by atoms with Gasteiger partial charge in [0.15, 0.2) is 0 Å². The first-order valence-electron chi connectivity index (χ1n) is 8.30. The van der Waals surface area contributed by atoms with E-state index in [9.17, 15) is 4.79 Å². The maximum Gasteiger partial charge on any atom is 0.364 e. The summed E-state index contributed by atoms with van der Waals surface area (Å²) in [6, 6.07) is 15.8. The van der Waals surface area contributed by atoms with Crippen LogP contribution in [-0.2, 0) is 6.54 Å². The summed E-state index contributed by atoms with van der Waals surface area (Å²) in [5, 5.41) is 8.77. The Labute approximate surface area is 150 Å². The van der Waals surface area contributed by atoms with Gasteiger partial charge in [0.2, 0.25) is 0 Å². The number of aryl methyl sites for hydroxylation is 2. The fourth-order valence-electron chi connectivity index (χ4n) is 2.83. The van der Waals surface area contributed by atoms with Crippen LogP contribution in [0.15, 0.2) is 65.8 Å². The minimum absolute atomic E-state index is 0.291. The van der Waals surface area contributed by atoms with Crippen LogP contribution in [0.4, 0.5) is 0 Å². The number of hydrogen-bond donors (Lipinski definition) is 0. The van der Waals surface area contributed by atoms with E-state index in [1.54, 1.807) is 26.7 Å². The number of aromatic nitrogens is 6. The highest BCUT2D eigenvalue weighted by atomic mass is 16.2.